The van der Waals surface area contributed by atoms with Gasteiger partial charge in [0.15, 0.2) is 5.78 Å². The third-order valence-electron chi connectivity index (χ3n) is 3.61. The Morgan fingerprint density at radius 2 is 2.00 bits per heavy atom. The Labute approximate surface area is 102 Å². The molecule has 1 saturated carbocycles. The number of carbonyl (C=O) groups excluding carboxylic acids is 1. The molecule has 0 atom stereocenters. The van der Waals surface area contributed by atoms with E-state index in [1.807, 2.05) is 18.4 Å². The first kappa shape index (κ1) is 11.8. The first-order valence-corrected chi connectivity index (χ1v) is 7.22. The van der Waals surface area contributed by atoms with E-state index in [0.29, 0.717) is 11.7 Å². The Balaban J connectivity index is 1.93. The van der Waals surface area contributed by atoms with Gasteiger partial charge in [-0.05, 0) is 24.3 Å². The van der Waals surface area contributed by atoms with Crippen LogP contribution in [0.1, 0.15) is 60.2 Å². The number of Topliss-reactive ketones (excluding diaryl/α,β-unsaturated/α-hetero) is 1. The molecule has 1 aliphatic rings. The maximum Gasteiger partial charge on any atom is 0.164 e. The fourth-order valence-electron chi connectivity index (χ4n) is 2.61. The molecule has 1 nitrogen and oxygen atoms in total. The molecule has 0 unspecified atom stereocenters. The van der Waals surface area contributed by atoms with Crippen molar-refractivity contribution in [1.29, 1.82) is 0 Å². The van der Waals surface area contributed by atoms with Gasteiger partial charge in [-0.3, -0.25) is 4.79 Å². The molecule has 0 amide bonds. The summed E-state index contributed by atoms with van der Waals surface area (Å²) in [7, 11) is 0. The molecule has 88 valence electrons. The molecule has 1 heterocycles. The van der Waals surface area contributed by atoms with E-state index in [9.17, 15) is 4.79 Å². The molecule has 0 radical (unpaired) electrons. The summed E-state index contributed by atoms with van der Waals surface area (Å²) in [6.45, 7) is 2.05. The van der Waals surface area contributed by atoms with Gasteiger partial charge >= 0.3 is 0 Å². The summed E-state index contributed by atoms with van der Waals surface area (Å²) in [5.41, 5.74) is 0.967. The molecule has 16 heavy (non-hydrogen) atoms. The van der Waals surface area contributed by atoms with Crippen molar-refractivity contribution in [2.45, 2.75) is 51.9 Å². The Hall–Kier alpha value is -0.630. The highest BCUT2D eigenvalue weighted by molar-refractivity contribution is 7.10. The fourth-order valence-corrected chi connectivity index (χ4v) is 3.33. The number of ketones is 1. The number of carbonyl (C=O) groups is 1. The van der Waals surface area contributed by atoms with Crippen molar-refractivity contribution in [2.24, 2.45) is 5.92 Å². The smallest absolute Gasteiger partial charge is 0.164 e. The van der Waals surface area contributed by atoms with Crippen LogP contribution in [0.4, 0.5) is 0 Å². The average Bonchev–Trinajstić information content (AvgIpc) is 2.53. The van der Waals surface area contributed by atoms with E-state index >= 15 is 0 Å². The Morgan fingerprint density at radius 1 is 1.31 bits per heavy atom. The highest BCUT2D eigenvalue weighted by atomic mass is 32.1. The van der Waals surface area contributed by atoms with Gasteiger partial charge in [0.25, 0.3) is 0 Å². The highest BCUT2D eigenvalue weighted by Gasteiger charge is 2.18. The predicted octanol–water partition coefficient (Wildman–Crippen LogP) is 4.60. The third-order valence-corrected chi connectivity index (χ3v) is 4.45. The zero-order valence-corrected chi connectivity index (χ0v) is 10.8. The summed E-state index contributed by atoms with van der Waals surface area (Å²) in [5, 5.41) is 2.02. The van der Waals surface area contributed by atoms with Gasteiger partial charge in [0.05, 0.1) is 0 Å². The fraction of sp³-hybridized carbons (Fsp3) is 0.643. The average molecular weight is 236 g/mol. The van der Waals surface area contributed by atoms with E-state index in [2.05, 4.69) is 0 Å². The van der Waals surface area contributed by atoms with E-state index in [4.69, 9.17) is 0 Å². The second-order valence-corrected chi connectivity index (χ2v) is 6.00. The monoisotopic (exact) mass is 236 g/mol. The minimum atomic E-state index is 0.366. The van der Waals surface area contributed by atoms with Crippen LogP contribution < -0.4 is 0 Å². The topological polar surface area (TPSA) is 17.1 Å². The summed E-state index contributed by atoms with van der Waals surface area (Å²) < 4.78 is 0. The largest absolute Gasteiger partial charge is 0.294 e. The summed E-state index contributed by atoms with van der Waals surface area (Å²) in [6.07, 6.45) is 8.66. The van der Waals surface area contributed by atoms with E-state index < -0.39 is 0 Å². The summed E-state index contributed by atoms with van der Waals surface area (Å²) >= 11 is 1.68. The molecule has 2 rings (SSSR count). The molecule has 1 fully saturated rings. The van der Waals surface area contributed by atoms with Gasteiger partial charge in [0.2, 0.25) is 0 Å². The van der Waals surface area contributed by atoms with Crippen LogP contribution in [-0.2, 0) is 0 Å². The first-order chi connectivity index (χ1) is 7.77. The normalized spacial score (nSPS) is 18.3. The minimum absolute atomic E-state index is 0.366. The van der Waals surface area contributed by atoms with Crippen LogP contribution in [0.25, 0.3) is 0 Å². The molecular formula is C14H20OS. The molecule has 1 aromatic rings. The SMILES string of the molecule is Cc1sccc1C(=O)CC1CCCCCC1. The van der Waals surface area contributed by atoms with Crippen LogP contribution in [0.15, 0.2) is 11.4 Å². The van der Waals surface area contributed by atoms with Crippen molar-refractivity contribution in [3.63, 3.8) is 0 Å². The lowest BCUT2D eigenvalue weighted by atomic mass is 9.92. The molecule has 0 bridgehead atoms. The maximum atomic E-state index is 12.1. The van der Waals surface area contributed by atoms with Gasteiger partial charge in [-0.2, -0.15) is 0 Å². The summed E-state index contributed by atoms with van der Waals surface area (Å²) in [4.78, 5) is 13.3. The maximum absolute atomic E-state index is 12.1. The van der Waals surface area contributed by atoms with Crippen molar-refractivity contribution in [3.8, 4) is 0 Å². The first-order valence-electron chi connectivity index (χ1n) is 6.34. The van der Waals surface area contributed by atoms with Gasteiger partial charge in [-0.15, -0.1) is 11.3 Å². The van der Waals surface area contributed by atoms with Gasteiger partial charge < -0.3 is 0 Å². The molecule has 1 aromatic heterocycles. The molecule has 0 aromatic carbocycles. The van der Waals surface area contributed by atoms with Gasteiger partial charge in [0.1, 0.15) is 0 Å². The lowest BCUT2D eigenvalue weighted by Crippen LogP contribution is -2.08. The lowest BCUT2D eigenvalue weighted by molar-refractivity contribution is 0.0957. The van der Waals surface area contributed by atoms with E-state index in [1.54, 1.807) is 11.3 Å². The molecule has 0 spiro atoms. The Kier molecular flexibility index (Phi) is 4.16. The van der Waals surface area contributed by atoms with Crippen LogP contribution in [0.5, 0.6) is 0 Å². The molecule has 2 heteroatoms. The molecule has 0 aliphatic heterocycles. The quantitative estimate of drug-likeness (QED) is 0.553. The van der Waals surface area contributed by atoms with Gasteiger partial charge in [-0.25, -0.2) is 0 Å². The van der Waals surface area contributed by atoms with Gasteiger partial charge in [-0.1, -0.05) is 38.5 Å². The molecule has 0 saturated heterocycles. The molecule has 0 N–H and O–H groups in total. The van der Waals surface area contributed by atoms with Crippen molar-refractivity contribution in [2.75, 3.05) is 0 Å². The van der Waals surface area contributed by atoms with Gasteiger partial charge in [0, 0.05) is 16.9 Å². The number of hydrogen-bond acceptors (Lipinski definition) is 2. The van der Waals surface area contributed by atoms with Crippen LogP contribution in [0.3, 0.4) is 0 Å². The van der Waals surface area contributed by atoms with E-state index in [-0.39, 0.29) is 0 Å². The third kappa shape index (κ3) is 2.94. The highest BCUT2D eigenvalue weighted by Crippen LogP contribution is 2.27. The summed E-state index contributed by atoms with van der Waals surface area (Å²) in [5.74, 6) is 1.01. The van der Waals surface area contributed by atoms with Crippen LogP contribution in [0.2, 0.25) is 0 Å². The van der Waals surface area contributed by atoms with Crippen molar-refractivity contribution in [3.05, 3.63) is 21.9 Å². The number of thiophene rings is 1. The lowest BCUT2D eigenvalue weighted by Gasteiger charge is -2.12. The Morgan fingerprint density at radius 3 is 2.56 bits per heavy atom. The van der Waals surface area contributed by atoms with Crippen molar-refractivity contribution < 1.29 is 4.79 Å². The van der Waals surface area contributed by atoms with E-state index in [0.717, 1.165) is 12.0 Å². The zero-order valence-electron chi connectivity index (χ0n) is 10.00. The minimum Gasteiger partial charge on any atom is -0.294 e. The molecule has 1 aliphatic carbocycles. The van der Waals surface area contributed by atoms with Crippen LogP contribution in [-0.4, -0.2) is 5.78 Å². The molecular weight excluding hydrogens is 216 g/mol. The number of aryl methyl sites for hydroxylation is 1. The zero-order chi connectivity index (χ0) is 11.4. The van der Waals surface area contributed by atoms with Crippen LogP contribution >= 0.6 is 11.3 Å². The van der Waals surface area contributed by atoms with Crippen LogP contribution in [0, 0.1) is 12.8 Å². The number of hydrogen-bond donors (Lipinski definition) is 0. The standard InChI is InChI=1S/C14H20OS/c1-11-13(8-9-16-11)14(15)10-12-6-4-2-3-5-7-12/h8-9,12H,2-7,10H2,1H3. The van der Waals surface area contributed by atoms with Crippen molar-refractivity contribution in [1.82, 2.24) is 0 Å². The van der Waals surface area contributed by atoms with E-state index in [1.165, 1.54) is 43.4 Å². The Bertz CT molecular complexity index is 345. The second-order valence-electron chi connectivity index (χ2n) is 4.88. The summed E-state index contributed by atoms with van der Waals surface area (Å²) in [6, 6.07) is 1.99. The second kappa shape index (κ2) is 5.62. The van der Waals surface area contributed by atoms with Crippen molar-refractivity contribution >= 4 is 17.1 Å². The number of rotatable bonds is 3. The predicted molar refractivity (Wildman–Crippen MR) is 69.2 cm³/mol.